The van der Waals surface area contributed by atoms with Crippen molar-refractivity contribution in [3.05, 3.63) is 56.5 Å². The molecule has 2 aromatic carbocycles. The SMILES string of the molecule is COc1ccc(C(O)c2cc(Br)cc(Br)c2)cc1OC. The van der Waals surface area contributed by atoms with Crippen molar-refractivity contribution in [3.8, 4) is 11.5 Å². The summed E-state index contributed by atoms with van der Waals surface area (Å²) in [6.45, 7) is 0. The minimum atomic E-state index is -0.733. The zero-order valence-corrected chi connectivity index (χ0v) is 14.2. The number of methoxy groups -OCH3 is 2. The number of ether oxygens (including phenoxy) is 2. The molecule has 0 aliphatic heterocycles. The van der Waals surface area contributed by atoms with E-state index in [4.69, 9.17) is 9.47 Å². The van der Waals surface area contributed by atoms with Crippen molar-refractivity contribution in [1.82, 2.24) is 0 Å². The number of benzene rings is 2. The summed E-state index contributed by atoms with van der Waals surface area (Å²) in [5.74, 6) is 1.23. The van der Waals surface area contributed by atoms with Gasteiger partial charge in [-0.3, -0.25) is 0 Å². The van der Waals surface area contributed by atoms with Crippen molar-refractivity contribution >= 4 is 31.9 Å². The summed E-state index contributed by atoms with van der Waals surface area (Å²) in [5, 5.41) is 10.5. The number of rotatable bonds is 4. The average Bonchev–Trinajstić information content (AvgIpc) is 2.44. The predicted octanol–water partition coefficient (Wildman–Crippen LogP) is 4.31. The van der Waals surface area contributed by atoms with Crippen molar-refractivity contribution in [2.24, 2.45) is 0 Å². The van der Waals surface area contributed by atoms with E-state index < -0.39 is 6.10 Å². The van der Waals surface area contributed by atoms with Crippen molar-refractivity contribution in [3.63, 3.8) is 0 Å². The van der Waals surface area contributed by atoms with E-state index in [0.717, 1.165) is 20.1 Å². The molecule has 5 heteroatoms. The van der Waals surface area contributed by atoms with Crippen LogP contribution in [-0.2, 0) is 0 Å². The van der Waals surface area contributed by atoms with E-state index in [2.05, 4.69) is 31.9 Å². The van der Waals surface area contributed by atoms with Crippen molar-refractivity contribution in [1.29, 1.82) is 0 Å². The molecule has 0 amide bonds. The van der Waals surface area contributed by atoms with E-state index >= 15 is 0 Å². The molecule has 1 unspecified atom stereocenters. The monoisotopic (exact) mass is 400 g/mol. The van der Waals surface area contributed by atoms with Crippen LogP contribution in [0.2, 0.25) is 0 Å². The zero-order chi connectivity index (χ0) is 14.7. The molecule has 0 aromatic heterocycles. The second-order valence-electron chi connectivity index (χ2n) is 4.22. The van der Waals surface area contributed by atoms with Crippen molar-refractivity contribution in [2.45, 2.75) is 6.10 Å². The highest BCUT2D eigenvalue weighted by molar-refractivity contribution is 9.11. The van der Waals surface area contributed by atoms with Gasteiger partial charge in [-0.2, -0.15) is 0 Å². The third-order valence-electron chi connectivity index (χ3n) is 2.92. The van der Waals surface area contributed by atoms with Crippen LogP contribution in [0.15, 0.2) is 45.3 Å². The van der Waals surface area contributed by atoms with Crippen LogP contribution in [0.4, 0.5) is 0 Å². The molecule has 1 N–H and O–H groups in total. The van der Waals surface area contributed by atoms with E-state index in [1.807, 2.05) is 24.3 Å². The maximum absolute atomic E-state index is 10.5. The van der Waals surface area contributed by atoms with Gasteiger partial charge in [-0.25, -0.2) is 0 Å². The van der Waals surface area contributed by atoms with Crippen LogP contribution in [0.5, 0.6) is 11.5 Å². The summed E-state index contributed by atoms with van der Waals surface area (Å²) >= 11 is 6.84. The van der Waals surface area contributed by atoms with Crippen molar-refractivity contribution in [2.75, 3.05) is 14.2 Å². The molecule has 2 rings (SSSR count). The molecule has 1 atom stereocenters. The first kappa shape index (κ1) is 15.4. The van der Waals surface area contributed by atoms with Gasteiger partial charge in [0.1, 0.15) is 6.10 Å². The zero-order valence-electron chi connectivity index (χ0n) is 11.1. The molecule has 0 spiro atoms. The number of aliphatic hydroxyl groups is 1. The lowest BCUT2D eigenvalue weighted by molar-refractivity contribution is 0.219. The summed E-state index contributed by atoms with van der Waals surface area (Å²) in [6, 6.07) is 11.1. The summed E-state index contributed by atoms with van der Waals surface area (Å²) in [6.07, 6.45) is -0.733. The number of hydrogen-bond donors (Lipinski definition) is 1. The first-order chi connectivity index (χ1) is 9.55. The average molecular weight is 402 g/mol. The Balaban J connectivity index is 2.39. The molecular formula is C15H14Br2O3. The first-order valence-corrected chi connectivity index (χ1v) is 7.49. The van der Waals surface area contributed by atoms with Gasteiger partial charge in [0.2, 0.25) is 0 Å². The van der Waals surface area contributed by atoms with Crippen LogP contribution in [-0.4, -0.2) is 19.3 Å². The van der Waals surface area contributed by atoms with E-state index in [-0.39, 0.29) is 0 Å². The quantitative estimate of drug-likeness (QED) is 0.829. The number of halogens is 2. The molecule has 0 radical (unpaired) electrons. The Morgan fingerprint density at radius 3 is 2.00 bits per heavy atom. The molecule has 106 valence electrons. The minimum Gasteiger partial charge on any atom is -0.493 e. The fourth-order valence-electron chi connectivity index (χ4n) is 1.95. The van der Waals surface area contributed by atoms with Crippen LogP contribution in [0.25, 0.3) is 0 Å². The topological polar surface area (TPSA) is 38.7 Å². The Labute approximate surface area is 134 Å². The van der Waals surface area contributed by atoms with Crippen molar-refractivity contribution < 1.29 is 14.6 Å². The lowest BCUT2D eigenvalue weighted by Crippen LogP contribution is -2.01. The Morgan fingerprint density at radius 1 is 0.850 bits per heavy atom. The summed E-state index contributed by atoms with van der Waals surface area (Å²) in [5.41, 5.74) is 1.53. The van der Waals surface area contributed by atoms with E-state index in [9.17, 15) is 5.11 Å². The third kappa shape index (κ3) is 3.34. The van der Waals surface area contributed by atoms with Gasteiger partial charge < -0.3 is 14.6 Å². The van der Waals surface area contributed by atoms with Gasteiger partial charge in [0, 0.05) is 8.95 Å². The fraction of sp³-hybridized carbons (Fsp3) is 0.200. The normalized spacial score (nSPS) is 12.1. The minimum absolute atomic E-state index is 0.595. The van der Waals surface area contributed by atoms with Gasteiger partial charge in [-0.1, -0.05) is 37.9 Å². The van der Waals surface area contributed by atoms with Gasteiger partial charge >= 0.3 is 0 Å². The summed E-state index contributed by atoms with van der Waals surface area (Å²) in [7, 11) is 3.16. The summed E-state index contributed by atoms with van der Waals surface area (Å²) < 4.78 is 12.3. The van der Waals surface area contributed by atoms with Crippen LogP contribution < -0.4 is 9.47 Å². The van der Waals surface area contributed by atoms with Crippen LogP contribution in [0, 0.1) is 0 Å². The molecule has 20 heavy (non-hydrogen) atoms. The van der Waals surface area contributed by atoms with E-state index in [0.29, 0.717) is 11.5 Å². The standard InChI is InChI=1S/C15H14Br2O3/c1-19-13-4-3-9(7-14(13)20-2)15(18)10-5-11(16)8-12(17)6-10/h3-8,15,18H,1-2H3. The predicted molar refractivity (Wildman–Crippen MR) is 85.4 cm³/mol. The maximum Gasteiger partial charge on any atom is 0.161 e. The smallest absolute Gasteiger partial charge is 0.161 e. The highest BCUT2D eigenvalue weighted by atomic mass is 79.9. The lowest BCUT2D eigenvalue weighted by Gasteiger charge is -2.15. The Bertz CT molecular complexity index is 594. The molecule has 0 aliphatic carbocycles. The van der Waals surface area contributed by atoms with E-state index in [1.165, 1.54) is 0 Å². The molecule has 2 aromatic rings. The van der Waals surface area contributed by atoms with Crippen LogP contribution in [0.3, 0.4) is 0 Å². The second kappa shape index (κ2) is 6.61. The molecule has 0 saturated heterocycles. The van der Waals surface area contributed by atoms with Crippen LogP contribution in [0.1, 0.15) is 17.2 Å². The number of hydrogen-bond acceptors (Lipinski definition) is 3. The van der Waals surface area contributed by atoms with Gasteiger partial charge in [-0.05, 0) is 41.5 Å². The van der Waals surface area contributed by atoms with Gasteiger partial charge in [0.15, 0.2) is 11.5 Å². The molecule has 0 saturated carbocycles. The van der Waals surface area contributed by atoms with E-state index in [1.54, 1.807) is 26.4 Å². The van der Waals surface area contributed by atoms with Gasteiger partial charge in [0.05, 0.1) is 14.2 Å². The molecule has 0 bridgehead atoms. The van der Waals surface area contributed by atoms with Gasteiger partial charge in [-0.15, -0.1) is 0 Å². The first-order valence-electron chi connectivity index (χ1n) is 5.91. The highest BCUT2D eigenvalue weighted by Crippen LogP contribution is 2.33. The van der Waals surface area contributed by atoms with Gasteiger partial charge in [0.25, 0.3) is 0 Å². The lowest BCUT2D eigenvalue weighted by atomic mass is 10.0. The third-order valence-corrected chi connectivity index (χ3v) is 3.84. The maximum atomic E-state index is 10.5. The largest absolute Gasteiger partial charge is 0.493 e. The molecule has 3 nitrogen and oxygen atoms in total. The summed E-state index contributed by atoms with van der Waals surface area (Å²) in [4.78, 5) is 0. The molecule has 0 heterocycles. The van der Waals surface area contributed by atoms with Crippen LogP contribution >= 0.6 is 31.9 Å². The highest BCUT2D eigenvalue weighted by Gasteiger charge is 2.14. The Hall–Kier alpha value is -1.04. The second-order valence-corrected chi connectivity index (χ2v) is 6.05. The Morgan fingerprint density at radius 2 is 1.45 bits per heavy atom. The number of aliphatic hydroxyl groups excluding tert-OH is 1. The molecule has 0 aliphatic rings. The fourth-order valence-corrected chi connectivity index (χ4v) is 3.28. The molecular weight excluding hydrogens is 388 g/mol. The molecule has 0 fully saturated rings. The Kier molecular flexibility index (Phi) is 5.07.